The van der Waals surface area contributed by atoms with Gasteiger partial charge in [0.15, 0.2) is 0 Å². The zero-order valence-corrected chi connectivity index (χ0v) is 12.6. The van der Waals surface area contributed by atoms with Crippen LogP contribution >= 0.6 is 0 Å². The molecule has 1 aromatic carbocycles. The van der Waals surface area contributed by atoms with Gasteiger partial charge < -0.3 is 10.1 Å². The highest BCUT2D eigenvalue weighted by atomic mass is 16.5. The Morgan fingerprint density at radius 1 is 1.22 bits per heavy atom. The third kappa shape index (κ3) is 3.56. The molecule has 0 spiro atoms. The predicted molar refractivity (Wildman–Crippen MR) is 78.0 cm³/mol. The highest BCUT2D eigenvalue weighted by Gasteiger charge is 2.31. The molecule has 102 valence electrons. The van der Waals surface area contributed by atoms with Gasteiger partial charge in [0.1, 0.15) is 0 Å². The lowest BCUT2D eigenvalue weighted by Crippen LogP contribution is -2.42. The second-order valence-electron chi connectivity index (χ2n) is 5.39. The van der Waals surface area contributed by atoms with Crippen LogP contribution in [-0.2, 0) is 4.74 Å². The van der Waals surface area contributed by atoms with E-state index in [9.17, 15) is 0 Å². The first-order valence-corrected chi connectivity index (χ1v) is 6.86. The minimum Gasteiger partial charge on any atom is -0.374 e. The van der Waals surface area contributed by atoms with Crippen molar-refractivity contribution in [1.29, 1.82) is 0 Å². The van der Waals surface area contributed by atoms with Crippen LogP contribution in [0.3, 0.4) is 0 Å². The Morgan fingerprint density at radius 2 is 1.89 bits per heavy atom. The van der Waals surface area contributed by atoms with E-state index in [4.69, 9.17) is 4.74 Å². The van der Waals surface area contributed by atoms with Crippen LogP contribution in [0, 0.1) is 13.8 Å². The molecule has 0 saturated heterocycles. The molecule has 0 aliphatic heterocycles. The number of aryl methyl sites for hydroxylation is 2. The first-order chi connectivity index (χ1) is 8.42. The Bertz CT molecular complexity index is 385. The van der Waals surface area contributed by atoms with E-state index >= 15 is 0 Å². The van der Waals surface area contributed by atoms with Crippen molar-refractivity contribution in [2.24, 2.45) is 0 Å². The number of rotatable bonds is 6. The van der Waals surface area contributed by atoms with Crippen LogP contribution in [0.25, 0.3) is 0 Å². The number of hydrogen-bond donors (Lipinski definition) is 1. The third-order valence-corrected chi connectivity index (χ3v) is 3.37. The zero-order chi connectivity index (χ0) is 13.8. The molecule has 0 fully saturated rings. The van der Waals surface area contributed by atoms with Crippen LogP contribution in [-0.4, -0.2) is 18.8 Å². The lowest BCUT2D eigenvalue weighted by Gasteiger charge is -2.36. The molecule has 2 nitrogen and oxygen atoms in total. The van der Waals surface area contributed by atoms with E-state index in [1.807, 2.05) is 6.92 Å². The van der Waals surface area contributed by atoms with Crippen LogP contribution in [0.15, 0.2) is 18.2 Å². The fourth-order valence-corrected chi connectivity index (χ4v) is 2.46. The van der Waals surface area contributed by atoms with Gasteiger partial charge in [-0.1, -0.05) is 30.7 Å². The highest BCUT2D eigenvalue weighted by molar-refractivity contribution is 5.34. The van der Waals surface area contributed by atoms with E-state index in [0.717, 1.165) is 13.2 Å². The molecule has 1 aromatic rings. The van der Waals surface area contributed by atoms with Crippen molar-refractivity contribution in [2.45, 2.75) is 53.2 Å². The number of likely N-dealkylation sites (N-methyl/N-ethyl adjacent to an activating group) is 1. The largest absolute Gasteiger partial charge is 0.374 e. The number of nitrogens with one attached hydrogen (secondary N) is 1. The minimum absolute atomic E-state index is 0.205. The quantitative estimate of drug-likeness (QED) is 0.828. The van der Waals surface area contributed by atoms with Crippen molar-refractivity contribution in [3.8, 4) is 0 Å². The van der Waals surface area contributed by atoms with Gasteiger partial charge in [0.2, 0.25) is 0 Å². The Kier molecular flexibility index (Phi) is 5.36. The van der Waals surface area contributed by atoms with Gasteiger partial charge >= 0.3 is 0 Å². The smallest absolute Gasteiger partial charge is 0.0820 e. The fourth-order valence-electron chi connectivity index (χ4n) is 2.46. The van der Waals surface area contributed by atoms with Gasteiger partial charge in [-0.15, -0.1) is 0 Å². The van der Waals surface area contributed by atoms with Crippen molar-refractivity contribution in [3.63, 3.8) is 0 Å². The standard InChI is InChI=1S/C16H27NO/c1-7-17-15(16(5,6)18-8-2)14-11-12(3)9-10-13(14)4/h9-11,15,17H,7-8H2,1-6H3. The Hall–Kier alpha value is -0.860. The SMILES string of the molecule is CCNC(c1cc(C)ccc1C)C(C)(C)OCC. The van der Waals surface area contributed by atoms with Crippen LogP contribution < -0.4 is 5.32 Å². The Balaban J connectivity index is 3.14. The summed E-state index contributed by atoms with van der Waals surface area (Å²) >= 11 is 0. The second kappa shape index (κ2) is 6.35. The van der Waals surface area contributed by atoms with Crippen molar-refractivity contribution in [1.82, 2.24) is 5.32 Å². The molecule has 0 aliphatic rings. The molecule has 0 amide bonds. The van der Waals surface area contributed by atoms with Crippen LogP contribution in [0.5, 0.6) is 0 Å². The van der Waals surface area contributed by atoms with E-state index in [0.29, 0.717) is 0 Å². The molecular weight excluding hydrogens is 222 g/mol. The van der Waals surface area contributed by atoms with Crippen LogP contribution in [0.2, 0.25) is 0 Å². The first kappa shape index (κ1) is 15.2. The second-order valence-corrected chi connectivity index (χ2v) is 5.39. The van der Waals surface area contributed by atoms with Crippen LogP contribution in [0.1, 0.15) is 50.4 Å². The van der Waals surface area contributed by atoms with Gasteiger partial charge in [0, 0.05) is 6.61 Å². The van der Waals surface area contributed by atoms with E-state index in [1.54, 1.807) is 0 Å². The van der Waals surface area contributed by atoms with Crippen molar-refractivity contribution in [3.05, 3.63) is 34.9 Å². The Labute approximate surface area is 112 Å². The average molecular weight is 249 g/mol. The molecule has 1 N–H and O–H groups in total. The highest BCUT2D eigenvalue weighted by Crippen LogP contribution is 2.31. The van der Waals surface area contributed by atoms with E-state index in [2.05, 4.69) is 58.1 Å². The van der Waals surface area contributed by atoms with E-state index < -0.39 is 0 Å². The summed E-state index contributed by atoms with van der Waals surface area (Å²) in [6.07, 6.45) is 0. The normalized spacial score (nSPS) is 13.7. The van der Waals surface area contributed by atoms with Crippen molar-refractivity contribution in [2.75, 3.05) is 13.2 Å². The number of benzene rings is 1. The van der Waals surface area contributed by atoms with Gasteiger partial charge in [-0.25, -0.2) is 0 Å². The van der Waals surface area contributed by atoms with Crippen LogP contribution in [0.4, 0.5) is 0 Å². The molecule has 0 bridgehead atoms. The first-order valence-electron chi connectivity index (χ1n) is 6.86. The molecule has 1 unspecified atom stereocenters. The maximum atomic E-state index is 5.93. The summed E-state index contributed by atoms with van der Waals surface area (Å²) < 4.78 is 5.93. The maximum absolute atomic E-state index is 5.93. The molecule has 0 aromatic heterocycles. The zero-order valence-electron chi connectivity index (χ0n) is 12.6. The monoisotopic (exact) mass is 249 g/mol. The summed E-state index contributed by atoms with van der Waals surface area (Å²) in [5, 5.41) is 3.57. The van der Waals surface area contributed by atoms with Gasteiger partial charge in [-0.3, -0.25) is 0 Å². The molecule has 2 heteroatoms. The summed E-state index contributed by atoms with van der Waals surface area (Å²) in [6.45, 7) is 14.5. The lowest BCUT2D eigenvalue weighted by molar-refractivity contribution is -0.0390. The van der Waals surface area contributed by atoms with E-state index in [-0.39, 0.29) is 11.6 Å². The summed E-state index contributed by atoms with van der Waals surface area (Å²) in [5.41, 5.74) is 3.75. The van der Waals surface area contributed by atoms with E-state index in [1.165, 1.54) is 16.7 Å². The summed E-state index contributed by atoms with van der Waals surface area (Å²) in [7, 11) is 0. The Morgan fingerprint density at radius 3 is 2.44 bits per heavy atom. The minimum atomic E-state index is -0.205. The molecule has 18 heavy (non-hydrogen) atoms. The third-order valence-electron chi connectivity index (χ3n) is 3.37. The molecular formula is C16H27NO. The molecule has 1 atom stereocenters. The van der Waals surface area contributed by atoms with Gasteiger partial charge in [0.25, 0.3) is 0 Å². The summed E-state index contributed by atoms with van der Waals surface area (Å²) in [6, 6.07) is 6.85. The molecule has 0 radical (unpaired) electrons. The number of ether oxygens (including phenoxy) is 1. The lowest BCUT2D eigenvalue weighted by atomic mass is 9.88. The van der Waals surface area contributed by atoms with Gasteiger partial charge in [-0.2, -0.15) is 0 Å². The molecule has 0 heterocycles. The molecule has 0 aliphatic carbocycles. The number of hydrogen-bond acceptors (Lipinski definition) is 2. The average Bonchev–Trinajstić information content (AvgIpc) is 2.29. The van der Waals surface area contributed by atoms with Crippen molar-refractivity contribution < 1.29 is 4.74 Å². The predicted octanol–water partition coefficient (Wildman–Crippen LogP) is 3.77. The van der Waals surface area contributed by atoms with Gasteiger partial charge in [-0.05, 0) is 52.3 Å². The van der Waals surface area contributed by atoms with Crippen molar-refractivity contribution >= 4 is 0 Å². The topological polar surface area (TPSA) is 21.3 Å². The molecule has 1 rings (SSSR count). The van der Waals surface area contributed by atoms with Gasteiger partial charge in [0.05, 0.1) is 11.6 Å². The maximum Gasteiger partial charge on any atom is 0.0820 e. The molecule has 0 saturated carbocycles. The fraction of sp³-hybridized carbons (Fsp3) is 0.625. The summed E-state index contributed by atoms with van der Waals surface area (Å²) in [5.74, 6) is 0. The summed E-state index contributed by atoms with van der Waals surface area (Å²) in [4.78, 5) is 0.